The minimum Gasteiger partial charge on any atom is -0.329 e. The highest BCUT2D eigenvalue weighted by Crippen LogP contribution is 2.28. The summed E-state index contributed by atoms with van der Waals surface area (Å²) in [4.78, 5) is 13.6. The highest BCUT2D eigenvalue weighted by atomic mass is 16.1. The minimum atomic E-state index is -0.0477. The van der Waals surface area contributed by atoms with E-state index in [-0.39, 0.29) is 11.1 Å². The quantitative estimate of drug-likeness (QED) is 0.771. The molecule has 0 atom stereocenters. The number of aromatic nitrogens is 1. The van der Waals surface area contributed by atoms with E-state index >= 15 is 0 Å². The SMILES string of the molecule is NC1(Cc2ccc(=O)[nH]c2)CCCCC1. The average Bonchev–Trinajstić information content (AvgIpc) is 2.22. The summed E-state index contributed by atoms with van der Waals surface area (Å²) >= 11 is 0. The summed E-state index contributed by atoms with van der Waals surface area (Å²) in [5, 5.41) is 0. The molecule has 0 aromatic carbocycles. The van der Waals surface area contributed by atoms with Gasteiger partial charge in [0.05, 0.1) is 0 Å². The Bertz CT molecular complexity index is 357. The van der Waals surface area contributed by atoms with Gasteiger partial charge in [0.25, 0.3) is 0 Å². The summed E-state index contributed by atoms with van der Waals surface area (Å²) in [6.07, 6.45) is 8.65. The van der Waals surface area contributed by atoms with Crippen LogP contribution in [0.1, 0.15) is 37.7 Å². The lowest BCUT2D eigenvalue weighted by Gasteiger charge is -2.33. The Balaban J connectivity index is 2.06. The molecular formula is C12H18N2O. The molecule has 3 N–H and O–H groups in total. The van der Waals surface area contributed by atoms with Crippen molar-refractivity contribution in [2.75, 3.05) is 0 Å². The molecule has 3 heteroatoms. The molecule has 1 aromatic heterocycles. The smallest absolute Gasteiger partial charge is 0.247 e. The fraction of sp³-hybridized carbons (Fsp3) is 0.583. The van der Waals surface area contributed by atoms with E-state index in [1.165, 1.54) is 19.3 Å². The molecule has 0 radical (unpaired) electrons. The van der Waals surface area contributed by atoms with Gasteiger partial charge in [-0.3, -0.25) is 4.79 Å². The minimum absolute atomic E-state index is 0.0451. The van der Waals surface area contributed by atoms with Crippen LogP contribution >= 0.6 is 0 Å². The van der Waals surface area contributed by atoms with Crippen LogP contribution in [0.4, 0.5) is 0 Å². The van der Waals surface area contributed by atoms with E-state index in [9.17, 15) is 4.79 Å². The summed E-state index contributed by atoms with van der Waals surface area (Å²) in [7, 11) is 0. The third-order valence-corrected chi connectivity index (χ3v) is 3.25. The topological polar surface area (TPSA) is 58.9 Å². The normalized spacial score (nSPS) is 20.1. The fourth-order valence-electron chi connectivity index (χ4n) is 2.39. The van der Waals surface area contributed by atoms with Crippen LogP contribution in [-0.4, -0.2) is 10.5 Å². The van der Waals surface area contributed by atoms with Gasteiger partial charge in [-0.1, -0.05) is 25.3 Å². The molecule has 0 saturated heterocycles. The molecule has 1 saturated carbocycles. The molecule has 2 rings (SSSR count). The predicted octanol–water partition coefficient (Wildman–Crippen LogP) is 1.58. The van der Waals surface area contributed by atoms with Crippen molar-refractivity contribution in [2.45, 2.75) is 44.1 Å². The van der Waals surface area contributed by atoms with Crippen molar-refractivity contribution >= 4 is 0 Å². The number of pyridine rings is 1. The van der Waals surface area contributed by atoms with Crippen molar-refractivity contribution in [1.82, 2.24) is 4.98 Å². The Morgan fingerprint density at radius 3 is 2.60 bits per heavy atom. The lowest BCUT2D eigenvalue weighted by molar-refractivity contribution is 0.294. The maximum atomic E-state index is 10.9. The van der Waals surface area contributed by atoms with Crippen LogP contribution in [0.3, 0.4) is 0 Å². The zero-order valence-corrected chi connectivity index (χ0v) is 8.96. The molecule has 0 unspecified atom stereocenters. The van der Waals surface area contributed by atoms with Gasteiger partial charge in [-0.2, -0.15) is 0 Å². The Kier molecular flexibility index (Phi) is 2.91. The highest BCUT2D eigenvalue weighted by Gasteiger charge is 2.27. The van der Waals surface area contributed by atoms with E-state index in [0.29, 0.717) is 0 Å². The Morgan fingerprint density at radius 1 is 1.27 bits per heavy atom. The number of H-pyrrole nitrogens is 1. The van der Waals surface area contributed by atoms with Crippen molar-refractivity contribution in [3.63, 3.8) is 0 Å². The van der Waals surface area contributed by atoms with E-state index in [1.54, 1.807) is 12.3 Å². The average molecular weight is 206 g/mol. The van der Waals surface area contributed by atoms with Gasteiger partial charge in [0.2, 0.25) is 5.56 Å². The van der Waals surface area contributed by atoms with Crippen LogP contribution in [0.25, 0.3) is 0 Å². The molecule has 0 aliphatic heterocycles. The van der Waals surface area contributed by atoms with Crippen molar-refractivity contribution in [2.24, 2.45) is 5.73 Å². The van der Waals surface area contributed by atoms with Crippen LogP contribution < -0.4 is 11.3 Å². The molecule has 1 aliphatic carbocycles. The zero-order valence-electron chi connectivity index (χ0n) is 8.96. The zero-order chi connectivity index (χ0) is 10.7. The van der Waals surface area contributed by atoms with Crippen LogP contribution in [0, 0.1) is 0 Å². The Hall–Kier alpha value is -1.09. The van der Waals surface area contributed by atoms with E-state index in [0.717, 1.165) is 24.8 Å². The monoisotopic (exact) mass is 206 g/mol. The molecule has 0 spiro atoms. The Labute approximate surface area is 89.7 Å². The standard InChI is InChI=1S/C12H18N2O/c13-12(6-2-1-3-7-12)8-10-4-5-11(15)14-9-10/h4-5,9H,1-3,6-8,13H2,(H,14,15). The van der Waals surface area contributed by atoms with Gasteiger partial charge in [-0.25, -0.2) is 0 Å². The molecule has 1 fully saturated rings. The first-order valence-electron chi connectivity index (χ1n) is 5.65. The van der Waals surface area contributed by atoms with Gasteiger partial charge in [0, 0.05) is 17.8 Å². The molecule has 3 nitrogen and oxygen atoms in total. The molecule has 1 aromatic rings. The summed E-state index contributed by atoms with van der Waals surface area (Å²) < 4.78 is 0. The van der Waals surface area contributed by atoms with Gasteiger partial charge < -0.3 is 10.7 Å². The van der Waals surface area contributed by atoms with Gasteiger partial charge in [-0.05, 0) is 24.8 Å². The molecule has 0 amide bonds. The summed E-state index contributed by atoms with van der Waals surface area (Å²) in [5.74, 6) is 0. The Morgan fingerprint density at radius 2 is 2.00 bits per heavy atom. The van der Waals surface area contributed by atoms with Crippen molar-refractivity contribution in [1.29, 1.82) is 0 Å². The molecule has 0 bridgehead atoms. The van der Waals surface area contributed by atoms with Crippen LogP contribution in [0.5, 0.6) is 0 Å². The number of rotatable bonds is 2. The number of hydrogen-bond acceptors (Lipinski definition) is 2. The maximum absolute atomic E-state index is 10.9. The lowest BCUT2D eigenvalue weighted by atomic mass is 9.79. The van der Waals surface area contributed by atoms with E-state index in [2.05, 4.69) is 4.98 Å². The summed E-state index contributed by atoms with van der Waals surface area (Å²) in [5.41, 5.74) is 7.38. The second-order valence-electron chi connectivity index (χ2n) is 4.66. The first-order valence-corrected chi connectivity index (χ1v) is 5.65. The van der Waals surface area contributed by atoms with Gasteiger partial charge in [0.15, 0.2) is 0 Å². The molecule has 82 valence electrons. The largest absolute Gasteiger partial charge is 0.329 e. The van der Waals surface area contributed by atoms with E-state index < -0.39 is 0 Å². The number of nitrogens with two attached hydrogens (primary N) is 1. The number of nitrogens with one attached hydrogen (secondary N) is 1. The predicted molar refractivity (Wildman–Crippen MR) is 60.8 cm³/mol. The first-order chi connectivity index (χ1) is 7.18. The first kappa shape index (κ1) is 10.4. The third-order valence-electron chi connectivity index (χ3n) is 3.25. The summed E-state index contributed by atoms with van der Waals surface area (Å²) in [6.45, 7) is 0. The second-order valence-corrected chi connectivity index (χ2v) is 4.66. The van der Waals surface area contributed by atoms with Crippen molar-refractivity contribution < 1.29 is 0 Å². The van der Waals surface area contributed by atoms with E-state index in [1.807, 2.05) is 6.07 Å². The number of hydrogen-bond donors (Lipinski definition) is 2. The van der Waals surface area contributed by atoms with Gasteiger partial charge in [-0.15, -0.1) is 0 Å². The molecular weight excluding hydrogens is 188 g/mol. The van der Waals surface area contributed by atoms with Crippen LogP contribution in [-0.2, 0) is 6.42 Å². The lowest BCUT2D eigenvalue weighted by Crippen LogP contribution is -2.43. The highest BCUT2D eigenvalue weighted by molar-refractivity contribution is 5.13. The second kappa shape index (κ2) is 4.19. The van der Waals surface area contributed by atoms with Crippen molar-refractivity contribution in [3.05, 3.63) is 34.2 Å². The van der Waals surface area contributed by atoms with Crippen LogP contribution in [0.15, 0.2) is 23.1 Å². The van der Waals surface area contributed by atoms with E-state index in [4.69, 9.17) is 5.73 Å². The van der Waals surface area contributed by atoms with Crippen LogP contribution in [0.2, 0.25) is 0 Å². The van der Waals surface area contributed by atoms with Gasteiger partial charge in [0.1, 0.15) is 0 Å². The number of aromatic amines is 1. The molecule has 15 heavy (non-hydrogen) atoms. The summed E-state index contributed by atoms with van der Waals surface area (Å²) in [6, 6.07) is 3.45. The van der Waals surface area contributed by atoms with Gasteiger partial charge >= 0.3 is 0 Å². The molecule has 1 aliphatic rings. The maximum Gasteiger partial charge on any atom is 0.247 e. The van der Waals surface area contributed by atoms with Crippen molar-refractivity contribution in [3.8, 4) is 0 Å². The third kappa shape index (κ3) is 2.69. The fourth-order valence-corrected chi connectivity index (χ4v) is 2.39. The molecule has 1 heterocycles.